The van der Waals surface area contributed by atoms with E-state index in [0.717, 1.165) is 55.8 Å². The first kappa shape index (κ1) is 34.1. The molecule has 1 atom stereocenters. The summed E-state index contributed by atoms with van der Waals surface area (Å²) in [4.78, 5) is 15.8. The Hall–Kier alpha value is -7.95. The fourth-order valence-electron chi connectivity index (χ4n) is 9.53. The molecule has 1 unspecified atom stereocenters. The SMILES string of the molecule is c1ccc(-c2ccc(-c3ccc(-c4nc(-c5ccc6c(c5)C5(c7ccccc7-6)c6ccccc6-c6ccoc65)nc(-c5ccccc5-c5ccccc5)n4)cc3)cc2)cc1. The van der Waals surface area contributed by atoms with Crippen molar-refractivity contribution >= 4 is 0 Å². The number of aromatic nitrogens is 3. The van der Waals surface area contributed by atoms with E-state index in [1.165, 1.54) is 38.9 Å². The maximum Gasteiger partial charge on any atom is 0.164 e. The molecule has 0 amide bonds. The number of nitrogens with zero attached hydrogens (tertiary/aromatic N) is 3. The van der Waals surface area contributed by atoms with Gasteiger partial charge in [0.25, 0.3) is 0 Å². The number of furan rings is 1. The van der Waals surface area contributed by atoms with E-state index >= 15 is 0 Å². The molecule has 0 saturated carbocycles. The molecule has 4 heteroatoms. The van der Waals surface area contributed by atoms with Crippen LogP contribution in [0.4, 0.5) is 0 Å². The normalized spacial score (nSPS) is 14.4. The minimum atomic E-state index is -0.606. The molecule has 60 heavy (non-hydrogen) atoms. The summed E-state index contributed by atoms with van der Waals surface area (Å²) in [6.07, 6.45) is 1.83. The average molecular weight is 766 g/mol. The van der Waals surface area contributed by atoms with Gasteiger partial charge in [-0.15, -0.1) is 0 Å². The van der Waals surface area contributed by atoms with Gasteiger partial charge < -0.3 is 4.42 Å². The monoisotopic (exact) mass is 765 g/mol. The molecule has 280 valence electrons. The lowest BCUT2D eigenvalue weighted by Crippen LogP contribution is -2.25. The Kier molecular flexibility index (Phi) is 7.72. The lowest BCUT2D eigenvalue weighted by Gasteiger charge is -2.28. The Morgan fingerprint density at radius 1 is 0.283 bits per heavy atom. The van der Waals surface area contributed by atoms with Crippen molar-refractivity contribution in [3.05, 3.63) is 235 Å². The number of hydrogen-bond donors (Lipinski definition) is 0. The predicted octanol–water partition coefficient (Wildman–Crippen LogP) is 13.8. The van der Waals surface area contributed by atoms with Gasteiger partial charge in [0.1, 0.15) is 11.2 Å². The van der Waals surface area contributed by atoms with Crippen LogP contribution in [0, 0.1) is 0 Å². The highest BCUT2D eigenvalue weighted by atomic mass is 16.3. The summed E-state index contributed by atoms with van der Waals surface area (Å²) < 4.78 is 6.49. The first-order valence-corrected chi connectivity index (χ1v) is 20.3. The summed E-state index contributed by atoms with van der Waals surface area (Å²) >= 11 is 0. The van der Waals surface area contributed by atoms with E-state index in [1.54, 1.807) is 0 Å². The van der Waals surface area contributed by atoms with Gasteiger partial charge in [0.15, 0.2) is 17.5 Å². The van der Waals surface area contributed by atoms with E-state index in [1.807, 2.05) is 18.4 Å². The van der Waals surface area contributed by atoms with E-state index in [0.29, 0.717) is 17.5 Å². The van der Waals surface area contributed by atoms with Crippen LogP contribution in [0.5, 0.6) is 0 Å². The van der Waals surface area contributed by atoms with Crippen molar-refractivity contribution < 1.29 is 4.42 Å². The molecule has 0 aliphatic heterocycles. The average Bonchev–Trinajstić information content (AvgIpc) is 4.01. The zero-order valence-corrected chi connectivity index (χ0v) is 32.5. The second kappa shape index (κ2) is 13.6. The summed E-state index contributed by atoms with van der Waals surface area (Å²) in [5, 5.41) is 0. The molecule has 10 aromatic rings. The van der Waals surface area contributed by atoms with Gasteiger partial charge in [0.2, 0.25) is 0 Å². The summed E-state index contributed by atoms with van der Waals surface area (Å²) in [6.45, 7) is 0. The van der Waals surface area contributed by atoms with Gasteiger partial charge in [-0.2, -0.15) is 0 Å². The van der Waals surface area contributed by atoms with Crippen LogP contribution in [0.3, 0.4) is 0 Å². The molecule has 2 aliphatic rings. The zero-order valence-electron chi connectivity index (χ0n) is 32.5. The van der Waals surface area contributed by atoms with Crippen LogP contribution < -0.4 is 0 Å². The van der Waals surface area contributed by atoms with Crippen molar-refractivity contribution in [3.8, 4) is 89.8 Å². The van der Waals surface area contributed by atoms with Crippen molar-refractivity contribution in [1.29, 1.82) is 0 Å². The highest BCUT2D eigenvalue weighted by Gasteiger charge is 2.54. The van der Waals surface area contributed by atoms with Crippen LogP contribution >= 0.6 is 0 Å². The lowest BCUT2D eigenvalue weighted by atomic mass is 9.73. The minimum Gasteiger partial charge on any atom is -0.467 e. The van der Waals surface area contributed by atoms with Crippen molar-refractivity contribution in [2.45, 2.75) is 5.41 Å². The van der Waals surface area contributed by atoms with Crippen molar-refractivity contribution in [2.75, 3.05) is 0 Å². The smallest absolute Gasteiger partial charge is 0.164 e. The number of fused-ring (bicyclic) bond motifs is 10. The molecule has 0 bridgehead atoms. The molecule has 12 rings (SSSR count). The molecule has 0 N–H and O–H groups in total. The molecule has 0 fully saturated rings. The number of hydrogen-bond acceptors (Lipinski definition) is 4. The standard InChI is InChI=1S/C56H35N3O/c1-3-13-36(14-4-1)37-23-25-38(26-24-37)39-27-29-41(30-28-39)53-57-54(59-55(58-53)48-20-8-7-17-43(48)40-15-5-2-6-16-40)42-31-32-46-44-18-9-11-21-49(44)56(51(46)35-42)50-22-12-10-19-45(50)47-33-34-60-52(47)56/h1-35H. The van der Waals surface area contributed by atoms with Crippen molar-refractivity contribution in [3.63, 3.8) is 0 Å². The van der Waals surface area contributed by atoms with Gasteiger partial charge >= 0.3 is 0 Å². The molecular weight excluding hydrogens is 731 g/mol. The maximum atomic E-state index is 6.49. The van der Waals surface area contributed by atoms with Gasteiger partial charge in [0.05, 0.1) is 6.26 Å². The van der Waals surface area contributed by atoms with Crippen LogP contribution in [-0.2, 0) is 5.41 Å². The minimum absolute atomic E-state index is 0.606. The topological polar surface area (TPSA) is 51.8 Å². The van der Waals surface area contributed by atoms with Crippen molar-refractivity contribution in [2.24, 2.45) is 0 Å². The molecule has 2 heterocycles. The molecule has 4 nitrogen and oxygen atoms in total. The first-order valence-electron chi connectivity index (χ1n) is 20.3. The third-order valence-corrected chi connectivity index (χ3v) is 12.3. The summed E-state index contributed by atoms with van der Waals surface area (Å²) in [5.74, 6) is 2.80. The molecule has 0 radical (unpaired) electrons. The third-order valence-electron chi connectivity index (χ3n) is 12.3. The Labute approximate surface area is 348 Å². The zero-order chi connectivity index (χ0) is 39.6. The van der Waals surface area contributed by atoms with Crippen molar-refractivity contribution in [1.82, 2.24) is 15.0 Å². The second-order valence-electron chi connectivity index (χ2n) is 15.5. The van der Waals surface area contributed by atoms with Gasteiger partial charge in [0, 0.05) is 22.3 Å². The molecule has 2 aliphatic carbocycles. The molecule has 1 spiro atoms. The number of benzene rings is 8. The van der Waals surface area contributed by atoms with E-state index < -0.39 is 5.41 Å². The molecule has 0 saturated heterocycles. The first-order chi connectivity index (χ1) is 29.7. The highest BCUT2D eigenvalue weighted by molar-refractivity contribution is 5.95. The van der Waals surface area contributed by atoms with Crippen LogP contribution in [0.15, 0.2) is 217 Å². The second-order valence-corrected chi connectivity index (χ2v) is 15.5. The fourth-order valence-corrected chi connectivity index (χ4v) is 9.53. The summed E-state index contributed by atoms with van der Waals surface area (Å²) in [5.41, 5.74) is 17.4. The van der Waals surface area contributed by atoms with Crippen LogP contribution in [0.1, 0.15) is 22.5 Å². The molecular formula is C56H35N3O. The van der Waals surface area contributed by atoms with Gasteiger partial charge in [-0.3, -0.25) is 0 Å². The largest absolute Gasteiger partial charge is 0.467 e. The predicted molar refractivity (Wildman–Crippen MR) is 241 cm³/mol. The van der Waals surface area contributed by atoms with Gasteiger partial charge in [-0.1, -0.05) is 194 Å². The Bertz CT molecular complexity index is 3240. The third kappa shape index (κ3) is 5.21. The van der Waals surface area contributed by atoms with E-state index in [-0.39, 0.29) is 0 Å². The lowest BCUT2D eigenvalue weighted by molar-refractivity contribution is 0.474. The van der Waals surface area contributed by atoms with E-state index in [9.17, 15) is 0 Å². The van der Waals surface area contributed by atoms with Gasteiger partial charge in [-0.25, -0.2) is 15.0 Å². The Morgan fingerprint density at radius 2 is 0.717 bits per heavy atom. The Balaban J connectivity index is 1.02. The molecule has 2 aromatic heterocycles. The highest BCUT2D eigenvalue weighted by Crippen LogP contribution is 2.63. The van der Waals surface area contributed by atoms with Crippen LogP contribution in [0.25, 0.3) is 89.8 Å². The number of rotatable bonds is 6. The Morgan fingerprint density at radius 3 is 1.35 bits per heavy atom. The van der Waals surface area contributed by atoms with E-state index in [2.05, 4.69) is 194 Å². The summed E-state index contributed by atoms with van der Waals surface area (Å²) in [7, 11) is 0. The fraction of sp³-hybridized carbons (Fsp3) is 0.0179. The quantitative estimate of drug-likeness (QED) is 0.169. The van der Waals surface area contributed by atoms with Gasteiger partial charge in [-0.05, 0) is 78.9 Å². The van der Waals surface area contributed by atoms with E-state index in [4.69, 9.17) is 19.4 Å². The maximum absolute atomic E-state index is 6.49. The summed E-state index contributed by atoms with van der Waals surface area (Å²) in [6, 6.07) is 72.8. The van der Waals surface area contributed by atoms with Crippen LogP contribution in [0.2, 0.25) is 0 Å². The molecule has 8 aromatic carbocycles. The van der Waals surface area contributed by atoms with Crippen LogP contribution in [-0.4, -0.2) is 15.0 Å².